The molecule has 0 radical (unpaired) electrons. The van der Waals surface area contributed by atoms with E-state index in [9.17, 15) is 19.4 Å². The van der Waals surface area contributed by atoms with Gasteiger partial charge in [-0.15, -0.1) is 0 Å². The fraction of sp³-hybridized carbons (Fsp3) is 0.514. The normalized spacial score (nSPS) is 18.3. The number of carbonyl (C=O) groups is 3. The quantitative estimate of drug-likeness (QED) is 0.254. The van der Waals surface area contributed by atoms with Crippen molar-refractivity contribution in [3.05, 3.63) is 71.4 Å². The van der Waals surface area contributed by atoms with Crippen molar-refractivity contribution in [3.8, 4) is 0 Å². The Hall–Kier alpha value is -3.83. The van der Waals surface area contributed by atoms with Crippen LogP contribution in [0, 0.1) is 0 Å². The first kappa shape index (κ1) is 33.5. The Balaban J connectivity index is 1.38. The van der Waals surface area contributed by atoms with Gasteiger partial charge >= 0.3 is 13.1 Å². The number of likely N-dealkylation sites (tertiary alicyclic amines) is 1. The number of hydrogen-bond donors (Lipinski definition) is 4. The van der Waals surface area contributed by atoms with Crippen molar-refractivity contribution in [1.29, 1.82) is 0 Å². The molecule has 1 unspecified atom stereocenters. The number of likely N-dealkylation sites (N-methyl/N-ethyl adjacent to an activating group) is 1. The minimum absolute atomic E-state index is 0.0982. The number of para-hydroxylation sites is 1. The largest absolute Gasteiger partial charge is 0.437 e. The zero-order chi connectivity index (χ0) is 33.2. The second-order valence-electron chi connectivity index (χ2n) is 13.6. The summed E-state index contributed by atoms with van der Waals surface area (Å²) in [5, 5.41) is 16.8. The molecule has 1 spiro atoms. The molecule has 2 heterocycles. The molecule has 2 aliphatic rings. The molecular weight excluding hydrogens is 579 g/mol. The maximum absolute atomic E-state index is 14.5. The summed E-state index contributed by atoms with van der Waals surface area (Å²) in [4.78, 5) is 50.1. The van der Waals surface area contributed by atoms with Crippen LogP contribution < -0.4 is 10.5 Å². The van der Waals surface area contributed by atoms with Crippen molar-refractivity contribution in [1.82, 2.24) is 30.2 Å². The summed E-state index contributed by atoms with van der Waals surface area (Å²) in [7, 11) is 2.94. The number of nitrogens with zero attached hydrogens (tertiary/aromatic N) is 3. The summed E-state index contributed by atoms with van der Waals surface area (Å²) < 4.78 is 0. The van der Waals surface area contributed by atoms with Crippen LogP contribution >= 0.6 is 0 Å². The highest BCUT2D eigenvalue weighted by Crippen LogP contribution is 2.52. The SMILES string of the molecule is CB(O)NCCN(C(=O)NC(C(=O)N1CCC2(CC1)C[C@@H](C(=O)N(C)C)c1ccccc12)[C@H](C)c1c[nH]c2ccccc12)C(C)C. The molecule has 246 valence electrons. The molecule has 0 saturated carbocycles. The van der Waals surface area contributed by atoms with Gasteiger partial charge in [0.1, 0.15) is 6.04 Å². The van der Waals surface area contributed by atoms with E-state index in [0.717, 1.165) is 41.3 Å². The molecule has 3 atom stereocenters. The van der Waals surface area contributed by atoms with E-state index in [-0.39, 0.29) is 41.1 Å². The monoisotopic (exact) mass is 628 g/mol. The minimum atomic E-state index is -0.786. The number of rotatable bonds is 10. The molecule has 0 bridgehead atoms. The second-order valence-corrected chi connectivity index (χ2v) is 13.6. The Kier molecular flexibility index (Phi) is 10.1. The fourth-order valence-electron chi connectivity index (χ4n) is 7.51. The first-order valence-corrected chi connectivity index (χ1v) is 16.6. The molecule has 2 aromatic carbocycles. The summed E-state index contributed by atoms with van der Waals surface area (Å²) in [6.45, 7) is 9.44. The van der Waals surface area contributed by atoms with Crippen LogP contribution in [0.3, 0.4) is 0 Å². The summed E-state index contributed by atoms with van der Waals surface area (Å²) >= 11 is 0. The highest BCUT2D eigenvalue weighted by Gasteiger charge is 2.49. The average Bonchev–Trinajstić information content (AvgIpc) is 3.61. The third-order valence-corrected chi connectivity index (χ3v) is 10.1. The molecule has 1 aliphatic heterocycles. The Morgan fingerprint density at radius 1 is 1.07 bits per heavy atom. The number of H-pyrrole nitrogens is 1. The van der Waals surface area contributed by atoms with E-state index in [4.69, 9.17) is 0 Å². The minimum Gasteiger partial charge on any atom is -0.437 e. The highest BCUT2D eigenvalue weighted by molar-refractivity contribution is 6.45. The number of aromatic nitrogens is 1. The number of carbonyl (C=O) groups excluding carboxylic acids is 3. The Morgan fingerprint density at radius 3 is 2.41 bits per heavy atom. The van der Waals surface area contributed by atoms with Gasteiger partial charge in [-0.3, -0.25) is 9.59 Å². The topological polar surface area (TPSA) is 121 Å². The molecule has 46 heavy (non-hydrogen) atoms. The number of hydrogen-bond acceptors (Lipinski definition) is 5. The lowest BCUT2D eigenvalue weighted by molar-refractivity contribution is -0.136. The Labute approximate surface area is 273 Å². The lowest BCUT2D eigenvalue weighted by atomic mass is 9.73. The van der Waals surface area contributed by atoms with E-state index < -0.39 is 13.1 Å². The molecule has 4 N–H and O–H groups in total. The molecule has 1 aliphatic carbocycles. The van der Waals surface area contributed by atoms with Crippen molar-refractivity contribution in [2.24, 2.45) is 0 Å². The van der Waals surface area contributed by atoms with E-state index in [1.165, 1.54) is 5.56 Å². The van der Waals surface area contributed by atoms with Crippen molar-refractivity contribution in [2.45, 2.75) is 76.2 Å². The third kappa shape index (κ3) is 6.67. The average molecular weight is 629 g/mol. The van der Waals surface area contributed by atoms with Gasteiger partial charge in [-0.05, 0) is 62.7 Å². The highest BCUT2D eigenvalue weighted by atomic mass is 16.2. The lowest BCUT2D eigenvalue weighted by Crippen LogP contribution is -2.57. The maximum Gasteiger partial charge on any atom is 0.373 e. The number of amides is 4. The van der Waals surface area contributed by atoms with Gasteiger partial charge in [0.25, 0.3) is 0 Å². The van der Waals surface area contributed by atoms with Gasteiger partial charge in [-0.25, -0.2) is 4.79 Å². The standard InChI is InChI=1S/C35H49BN6O4/c1-23(2)42(20-17-38-36(4)46)34(45)39-31(24(3)28-22-37-30-14-10-8-12-26(28)30)33(44)41-18-15-35(16-19-41)21-27(32(43)40(5)6)25-11-7-9-13-29(25)35/h7-14,22-24,27,31,37-38,46H,15-21H2,1-6H3,(H,39,45)/t24-,27-,31?/m1/s1. The number of fused-ring (bicyclic) bond motifs is 3. The van der Waals surface area contributed by atoms with Crippen LogP contribution in [-0.2, 0) is 15.0 Å². The second kappa shape index (κ2) is 13.9. The third-order valence-electron chi connectivity index (χ3n) is 10.1. The van der Waals surface area contributed by atoms with Crippen molar-refractivity contribution in [2.75, 3.05) is 40.3 Å². The summed E-state index contributed by atoms with van der Waals surface area (Å²) in [6.07, 6.45) is 4.22. The summed E-state index contributed by atoms with van der Waals surface area (Å²) in [6, 6.07) is 15.1. The van der Waals surface area contributed by atoms with Gasteiger partial charge in [0.15, 0.2) is 0 Å². The van der Waals surface area contributed by atoms with E-state index in [1.54, 1.807) is 16.6 Å². The lowest BCUT2D eigenvalue weighted by Gasteiger charge is -2.42. The van der Waals surface area contributed by atoms with Crippen molar-refractivity contribution >= 4 is 35.8 Å². The predicted molar refractivity (Wildman–Crippen MR) is 183 cm³/mol. The van der Waals surface area contributed by atoms with Gasteiger partial charge in [-0.2, -0.15) is 0 Å². The maximum atomic E-state index is 14.5. The van der Waals surface area contributed by atoms with Crippen LogP contribution in [0.15, 0.2) is 54.7 Å². The van der Waals surface area contributed by atoms with Crippen LogP contribution in [0.2, 0.25) is 6.82 Å². The van der Waals surface area contributed by atoms with Gasteiger partial charge in [0.2, 0.25) is 11.8 Å². The van der Waals surface area contributed by atoms with E-state index >= 15 is 0 Å². The number of nitrogens with one attached hydrogen (secondary N) is 3. The Morgan fingerprint density at radius 2 is 1.74 bits per heavy atom. The van der Waals surface area contributed by atoms with Gasteiger partial charge in [0.05, 0.1) is 5.92 Å². The van der Waals surface area contributed by atoms with Crippen molar-refractivity contribution < 1.29 is 19.4 Å². The first-order valence-electron chi connectivity index (χ1n) is 16.6. The van der Waals surface area contributed by atoms with E-state index in [1.807, 2.05) is 82.4 Å². The Bertz CT molecular complexity index is 1550. The molecule has 3 aromatic rings. The first-order chi connectivity index (χ1) is 21.9. The molecule has 4 amide bonds. The number of benzene rings is 2. The van der Waals surface area contributed by atoms with Crippen LogP contribution in [-0.4, -0.2) is 102 Å². The van der Waals surface area contributed by atoms with E-state index in [0.29, 0.717) is 26.2 Å². The number of urea groups is 1. The van der Waals surface area contributed by atoms with Crippen molar-refractivity contribution in [3.63, 3.8) is 0 Å². The number of piperidine rings is 1. The molecule has 1 fully saturated rings. The summed E-state index contributed by atoms with van der Waals surface area (Å²) in [5.74, 6) is -0.453. The number of aromatic amines is 1. The van der Waals surface area contributed by atoms with Gasteiger partial charge in [-0.1, -0.05) is 49.4 Å². The van der Waals surface area contributed by atoms with Gasteiger partial charge < -0.3 is 35.3 Å². The molecular formula is C35H49BN6O4. The molecule has 1 aromatic heterocycles. The molecule has 5 rings (SSSR count). The van der Waals surface area contributed by atoms with Crippen LogP contribution in [0.4, 0.5) is 4.79 Å². The van der Waals surface area contributed by atoms with Gasteiger partial charge in [0, 0.05) is 74.7 Å². The van der Waals surface area contributed by atoms with Crippen LogP contribution in [0.1, 0.15) is 68.6 Å². The zero-order valence-corrected chi connectivity index (χ0v) is 28.0. The fourth-order valence-corrected chi connectivity index (χ4v) is 7.51. The summed E-state index contributed by atoms with van der Waals surface area (Å²) in [5.41, 5.74) is 4.15. The van der Waals surface area contributed by atoms with E-state index in [2.05, 4.69) is 27.7 Å². The van der Waals surface area contributed by atoms with Crippen LogP contribution in [0.5, 0.6) is 0 Å². The molecule has 10 nitrogen and oxygen atoms in total. The zero-order valence-electron chi connectivity index (χ0n) is 28.0. The molecule has 11 heteroatoms. The van der Waals surface area contributed by atoms with Crippen LogP contribution in [0.25, 0.3) is 10.9 Å². The smallest absolute Gasteiger partial charge is 0.373 e. The predicted octanol–water partition coefficient (Wildman–Crippen LogP) is 3.90. The molecule has 1 saturated heterocycles.